The Balaban J connectivity index is 3.45. The topological polar surface area (TPSA) is 128 Å². The molecule has 1 unspecified atom stereocenters. The van der Waals surface area contributed by atoms with Gasteiger partial charge in [0.1, 0.15) is 12.7 Å². The van der Waals surface area contributed by atoms with Crippen LogP contribution in [-0.2, 0) is 23.1 Å². The van der Waals surface area contributed by atoms with Gasteiger partial charge in [-0.3, -0.25) is 13.8 Å². The fourth-order valence-electron chi connectivity index (χ4n) is 4.18. The summed E-state index contributed by atoms with van der Waals surface area (Å²) < 4.78 is 25.6. The molecule has 4 N–H and O–H groups in total. The lowest BCUT2D eigenvalue weighted by molar-refractivity contribution is -0.147. The molecular weight excluding hydrogens is 529 g/mol. The number of esters is 1. The average molecular weight is 590 g/mol. The zero-order valence-electron chi connectivity index (χ0n) is 25.3. The van der Waals surface area contributed by atoms with Crippen molar-refractivity contribution >= 4 is 13.8 Å². The first kappa shape index (κ1) is 39.0. The molecule has 0 spiro atoms. The van der Waals surface area contributed by atoms with E-state index in [4.69, 9.17) is 10.5 Å². The Morgan fingerprint density at radius 3 is 1.73 bits per heavy atom. The molecule has 0 amide bonds. The van der Waals surface area contributed by atoms with E-state index < -0.39 is 26.5 Å². The number of rotatable bonds is 30. The number of hydrogen-bond donors (Lipinski definition) is 3. The van der Waals surface area contributed by atoms with Crippen LogP contribution in [-0.4, -0.2) is 48.4 Å². The van der Waals surface area contributed by atoms with Gasteiger partial charge in [-0.15, -0.1) is 0 Å². The first-order chi connectivity index (χ1) is 19.4. The van der Waals surface area contributed by atoms with Crippen LogP contribution in [0.3, 0.4) is 0 Å². The van der Waals surface area contributed by atoms with Gasteiger partial charge in [0.2, 0.25) is 0 Å². The predicted octanol–water partition coefficient (Wildman–Crippen LogP) is 7.92. The van der Waals surface area contributed by atoms with Gasteiger partial charge in [0, 0.05) is 13.0 Å². The Morgan fingerprint density at radius 1 is 0.725 bits per heavy atom. The number of phosphoric acid groups is 1. The van der Waals surface area contributed by atoms with Gasteiger partial charge in [-0.2, -0.15) is 0 Å². The average Bonchev–Trinajstić information content (AvgIpc) is 2.94. The molecule has 0 radical (unpaired) electrons. The van der Waals surface area contributed by atoms with Crippen LogP contribution in [0.5, 0.6) is 0 Å². The van der Waals surface area contributed by atoms with Crippen LogP contribution >= 0.6 is 7.82 Å². The number of unbranched alkanes of at least 4 members (excludes halogenated alkanes) is 16. The minimum Gasteiger partial charge on any atom is -0.463 e. The molecule has 0 bridgehead atoms. The van der Waals surface area contributed by atoms with Crippen molar-refractivity contribution < 1.29 is 33.1 Å². The number of nitrogens with two attached hydrogens (primary N) is 1. The van der Waals surface area contributed by atoms with Crippen molar-refractivity contribution in [1.29, 1.82) is 0 Å². The number of carbonyl (C=O) groups excluding carboxylic acids is 1. The molecule has 40 heavy (non-hydrogen) atoms. The third-order valence-corrected chi connectivity index (χ3v) is 7.53. The highest BCUT2D eigenvalue weighted by molar-refractivity contribution is 7.47. The van der Waals surface area contributed by atoms with Crippen LogP contribution in [0.15, 0.2) is 24.3 Å². The van der Waals surface area contributed by atoms with E-state index in [0.29, 0.717) is 6.42 Å². The molecule has 236 valence electrons. The standard InChI is InChI=1S/C31H60NO7P/c1-2-3-4-5-6-7-8-9-10-11-12-13-14-15-16-17-18-19-20-21-22-23-24-25-31(34)37-28-30(33)29-39-40(35,36)38-27-26-32/h17-18,21-22,30,33H,2-16,19-20,23-29,32H2,1H3,(H,35,36)/b18-17+,22-21+/t30-/m1/s1. The molecular formula is C31H60NO7P. The first-order valence-electron chi connectivity index (χ1n) is 15.9. The van der Waals surface area contributed by atoms with Crippen LogP contribution in [0, 0.1) is 0 Å². The maximum atomic E-state index is 11.8. The summed E-state index contributed by atoms with van der Waals surface area (Å²) >= 11 is 0. The summed E-state index contributed by atoms with van der Waals surface area (Å²) in [6.45, 7) is 1.42. The third kappa shape index (κ3) is 30.0. The molecule has 2 atom stereocenters. The minimum absolute atomic E-state index is 0.0693. The highest BCUT2D eigenvalue weighted by Gasteiger charge is 2.22. The lowest BCUT2D eigenvalue weighted by Gasteiger charge is -2.15. The molecule has 0 fully saturated rings. The van der Waals surface area contributed by atoms with Gasteiger partial charge in [0.05, 0.1) is 13.2 Å². The van der Waals surface area contributed by atoms with E-state index in [2.05, 4.69) is 40.3 Å². The lowest BCUT2D eigenvalue weighted by Crippen LogP contribution is -2.23. The smallest absolute Gasteiger partial charge is 0.463 e. The van der Waals surface area contributed by atoms with E-state index in [1.54, 1.807) is 0 Å². The van der Waals surface area contributed by atoms with Crippen LogP contribution < -0.4 is 5.73 Å². The van der Waals surface area contributed by atoms with Crippen LogP contribution in [0.25, 0.3) is 0 Å². The van der Waals surface area contributed by atoms with E-state index in [0.717, 1.165) is 19.3 Å². The Bertz CT molecular complexity index is 672. The Morgan fingerprint density at radius 2 is 1.20 bits per heavy atom. The second-order valence-electron chi connectivity index (χ2n) is 10.5. The number of carbonyl (C=O) groups is 1. The molecule has 0 aromatic carbocycles. The van der Waals surface area contributed by atoms with Crippen molar-refractivity contribution in [3.63, 3.8) is 0 Å². The summed E-state index contributed by atoms with van der Waals surface area (Å²) in [5.74, 6) is -0.426. The van der Waals surface area contributed by atoms with Gasteiger partial charge in [-0.25, -0.2) is 4.57 Å². The fraction of sp³-hybridized carbons (Fsp3) is 0.839. The van der Waals surface area contributed by atoms with Gasteiger partial charge in [0.25, 0.3) is 0 Å². The summed E-state index contributed by atoms with van der Waals surface area (Å²) in [5, 5.41) is 9.71. The number of allylic oxidation sites excluding steroid dienone is 4. The molecule has 0 aliphatic rings. The second kappa shape index (κ2) is 29.5. The second-order valence-corrected chi connectivity index (χ2v) is 12.0. The highest BCUT2D eigenvalue weighted by atomic mass is 31.2. The zero-order chi connectivity index (χ0) is 29.6. The van der Waals surface area contributed by atoms with Gasteiger partial charge >= 0.3 is 13.8 Å². The van der Waals surface area contributed by atoms with Gasteiger partial charge in [0.15, 0.2) is 0 Å². The molecule has 0 aromatic rings. The number of aliphatic hydroxyl groups excluding tert-OH is 1. The molecule has 9 heteroatoms. The summed E-state index contributed by atoms with van der Waals surface area (Å²) in [5.41, 5.74) is 5.18. The van der Waals surface area contributed by atoms with E-state index >= 15 is 0 Å². The number of phosphoric ester groups is 1. The highest BCUT2D eigenvalue weighted by Crippen LogP contribution is 2.42. The van der Waals surface area contributed by atoms with Crippen LogP contribution in [0.1, 0.15) is 135 Å². The van der Waals surface area contributed by atoms with Crippen molar-refractivity contribution in [2.24, 2.45) is 5.73 Å². The van der Waals surface area contributed by atoms with E-state index in [9.17, 15) is 19.4 Å². The molecule has 8 nitrogen and oxygen atoms in total. The van der Waals surface area contributed by atoms with Crippen LogP contribution in [0.2, 0.25) is 0 Å². The zero-order valence-corrected chi connectivity index (χ0v) is 26.2. The predicted molar refractivity (Wildman–Crippen MR) is 164 cm³/mol. The number of aliphatic hydroxyl groups is 1. The van der Waals surface area contributed by atoms with Crippen molar-refractivity contribution in [2.75, 3.05) is 26.4 Å². The van der Waals surface area contributed by atoms with Crippen molar-refractivity contribution in [2.45, 2.75) is 141 Å². The monoisotopic (exact) mass is 589 g/mol. The maximum Gasteiger partial charge on any atom is 0.472 e. The summed E-state index contributed by atoms with van der Waals surface area (Å²) in [6, 6.07) is 0. The number of ether oxygens (including phenoxy) is 1. The van der Waals surface area contributed by atoms with Gasteiger partial charge < -0.3 is 20.5 Å². The molecule has 0 aromatic heterocycles. The van der Waals surface area contributed by atoms with Crippen molar-refractivity contribution in [3.05, 3.63) is 24.3 Å². The van der Waals surface area contributed by atoms with Crippen molar-refractivity contribution in [1.82, 2.24) is 0 Å². The summed E-state index contributed by atoms with van der Waals surface area (Å²) in [7, 11) is -4.26. The van der Waals surface area contributed by atoms with Gasteiger partial charge in [-0.1, -0.05) is 115 Å². The normalized spacial score (nSPS) is 14.2. The van der Waals surface area contributed by atoms with Gasteiger partial charge in [-0.05, 0) is 38.5 Å². The van der Waals surface area contributed by atoms with E-state index in [1.165, 1.54) is 96.3 Å². The Kier molecular flexibility index (Phi) is 28.7. The largest absolute Gasteiger partial charge is 0.472 e. The molecule has 0 heterocycles. The van der Waals surface area contributed by atoms with Crippen molar-refractivity contribution in [3.8, 4) is 0 Å². The molecule has 0 aliphatic carbocycles. The Labute approximate surface area is 244 Å². The van der Waals surface area contributed by atoms with E-state index in [1.807, 2.05) is 0 Å². The fourth-order valence-corrected chi connectivity index (χ4v) is 4.95. The molecule has 0 aliphatic heterocycles. The summed E-state index contributed by atoms with van der Waals surface area (Å²) in [4.78, 5) is 21.1. The van der Waals surface area contributed by atoms with Crippen LogP contribution in [0.4, 0.5) is 0 Å². The minimum atomic E-state index is -4.26. The first-order valence-corrected chi connectivity index (χ1v) is 17.4. The molecule has 0 saturated carbocycles. The molecule has 0 rings (SSSR count). The number of hydrogen-bond acceptors (Lipinski definition) is 7. The quantitative estimate of drug-likeness (QED) is 0.0334. The Hall–Kier alpha value is -1.02. The van der Waals surface area contributed by atoms with E-state index in [-0.39, 0.29) is 26.2 Å². The SMILES string of the molecule is CCCCCCCCCCCCCCCC/C=C/CC/C=C/CCCC(=O)OC[C@@H](O)COP(=O)(O)OCCN. The lowest BCUT2D eigenvalue weighted by atomic mass is 10.0. The molecule has 0 saturated heterocycles. The maximum absolute atomic E-state index is 11.8. The summed E-state index contributed by atoms with van der Waals surface area (Å²) in [6.07, 6.45) is 32.0. The third-order valence-electron chi connectivity index (χ3n) is 6.55.